The predicted octanol–water partition coefficient (Wildman–Crippen LogP) is 4.01. The van der Waals surface area contributed by atoms with Gasteiger partial charge in [0.05, 0.1) is 45.7 Å². The van der Waals surface area contributed by atoms with Crippen molar-refractivity contribution < 1.29 is 33.2 Å². The van der Waals surface area contributed by atoms with Gasteiger partial charge in [0.1, 0.15) is 30.0 Å². The lowest BCUT2D eigenvalue weighted by Crippen LogP contribution is -2.32. The Morgan fingerprint density at radius 3 is 2.50 bits per heavy atom. The number of aliphatic hydroxyl groups excluding tert-OH is 1. The summed E-state index contributed by atoms with van der Waals surface area (Å²) < 4.78 is 41.7. The molecule has 2 fully saturated rings. The highest BCUT2D eigenvalue weighted by Gasteiger charge is 2.32. The smallest absolute Gasteiger partial charge is 0.128 e. The van der Waals surface area contributed by atoms with Gasteiger partial charge < -0.3 is 28.8 Å². The van der Waals surface area contributed by atoms with Crippen molar-refractivity contribution in [2.75, 3.05) is 34.1 Å². The Balaban J connectivity index is 1.55. The molecule has 0 bridgehead atoms. The average Bonchev–Trinajstić information content (AvgIpc) is 3.32. The molecule has 0 unspecified atom stereocenters. The van der Waals surface area contributed by atoms with Crippen molar-refractivity contribution in [3.63, 3.8) is 0 Å². The van der Waals surface area contributed by atoms with Gasteiger partial charge in [-0.05, 0) is 29.3 Å². The van der Waals surface area contributed by atoms with Crippen molar-refractivity contribution in [3.05, 3.63) is 53.1 Å². The van der Waals surface area contributed by atoms with Crippen molar-refractivity contribution in [3.8, 4) is 17.2 Å². The Bertz CT molecular complexity index is 881. The van der Waals surface area contributed by atoms with Crippen LogP contribution in [0.25, 0.3) is 0 Å². The normalized spacial score (nSPS) is 25.5. The predicted molar refractivity (Wildman–Crippen MR) is 117 cm³/mol. The zero-order valence-electron chi connectivity index (χ0n) is 18.6. The van der Waals surface area contributed by atoms with Crippen molar-refractivity contribution >= 4 is 0 Å². The van der Waals surface area contributed by atoms with E-state index < -0.39 is 25.0 Å². The lowest BCUT2D eigenvalue weighted by atomic mass is 9.93. The van der Waals surface area contributed by atoms with E-state index in [2.05, 4.69) is 0 Å². The second-order valence-corrected chi connectivity index (χ2v) is 8.36. The number of rotatable bonds is 8. The quantitative estimate of drug-likeness (QED) is 0.661. The molecule has 7 heteroatoms. The van der Waals surface area contributed by atoms with Gasteiger partial charge in [-0.2, -0.15) is 0 Å². The van der Waals surface area contributed by atoms with Gasteiger partial charge in [0.2, 0.25) is 0 Å². The molecule has 2 aromatic rings. The monoisotopic (exact) mass is 446 g/mol. The van der Waals surface area contributed by atoms with Crippen molar-refractivity contribution in [1.29, 1.82) is 0 Å². The number of ether oxygens (including phenoxy) is 5. The standard InChI is InChI=1S/C25H31FO6/c1-28-23-13-24(29-2)22(25-12-18(27)11-21(14-26)32-25)10-17(23)9-16-3-5-19(6-4-16)31-20-7-8-30-15-20/h3-6,10,13,18,20-21,25,27H,7-9,11-12,14-15H2,1-2H3/t18-,20-,21-,25+/m0/s1. The summed E-state index contributed by atoms with van der Waals surface area (Å²) >= 11 is 0. The Labute approximate surface area is 188 Å². The molecule has 2 aliphatic rings. The second kappa shape index (κ2) is 10.5. The molecule has 4 rings (SSSR count). The van der Waals surface area contributed by atoms with Gasteiger partial charge in [0.15, 0.2) is 0 Å². The van der Waals surface area contributed by atoms with E-state index in [1.54, 1.807) is 14.2 Å². The lowest BCUT2D eigenvalue weighted by molar-refractivity contribution is -0.105. The molecule has 0 saturated carbocycles. The third kappa shape index (κ3) is 5.34. The maximum Gasteiger partial charge on any atom is 0.128 e. The first-order valence-corrected chi connectivity index (χ1v) is 11.1. The molecule has 0 aliphatic carbocycles. The van der Waals surface area contributed by atoms with Gasteiger partial charge in [-0.1, -0.05) is 12.1 Å². The molecule has 2 heterocycles. The van der Waals surface area contributed by atoms with Gasteiger partial charge in [-0.15, -0.1) is 0 Å². The molecule has 2 aromatic carbocycles. The summed E-state index contributed by atoms with van der Waals surface area (Å²) in [5.74, 6) is 2.13. The third-order valence-corrected chi connectivity index (χ3v) is 6.04. The summed E-state index contributed by atoms with van der Waals surface area (Å²) in [6.07, 6.45) is 0.700. The van der Waals surface area contributed by atoms with E-state index in [4.69, 9.17) is 23.7 Å². The maximum absolute atomic E-state index is 13.3. The minimum absolute atomic E-state index is 0.115. The number of alkyl halides is 1. The van der Waals surface area contributed by atoms with Crippen molar-refractivity contribution in [2.24, 2.45) is 0 Å². The SMILES string of the molecule is COc1cc(OC)c([C@H]2C[C@@H](O)C[C@@H](CF)O2)cc1Cc1ccc(O[C@H]2CCOC2)cc1. The van der Waals surface area contributed by atoms with E-state index in [0.717, 1.165) is 35.5 Å². The molecule has 0 radical (unpaired) electrons. The molecule has 1 N–H and O–H groups in total. The minimum atomic E-state index is -0.625. The van der Waals surface area contributed by atoms with Crippen molar-refractivity contribution in [1.82, 2.24) is 0 Å². The summed E-state index contributed by atoms with van der Waals surface area (Å²) in [7, 11) is 3.20. The molecule has 32 heavy (non-hydrogen) atoms. The first kappa shape index (κ1) is 22.8. The summed E-state index contributed by atoms with van der Waals surface area (Å²) in [5, 5.41) is 10.2. The summed E-state index contributed by atoms with van der Waals surface area (Å²) in [6, 6.07) is 11.8. The molecule has 4 atom stereocenters. The van der Waals surface area contributed by atoms with E-state index in [1.165, 1.54) is 0 Å². The van der Waals surface area contributed by atoms with E-state index in [-0.39, 0.29) is 6.10 Å². The molecular weight excluding hydrogens is 415 g/mol. The molecule has 0 amide bonds. The average molecular weight is 447 g/mol. The fourth-order valence-electron chi connectivity index (χ4n) is 4.38. The zero-order chi connectivity index (χ0) is 22.5. The lowest BCUT2D eigenvalue weighted by Gasteiger charge is -2.33. The summed E-state index contributed by atoms with van der Waals surface area (Å²) in [5.41, 5.74) is 2.85. The van der Waals surface area contributed by atoms with Crippen LogP contribution in [0.3, 0.4) is 0 Å². The van der Waals surface area contributed by atoms with Gasteiger partial charge in [-0.25, -0.2) is 4.39 Å². The fraction of sp³-hybridized carbons (Fsp3) is 0.520. The van der Waals surface area contributed by atoms with Crippen LogP contribution in [-0.4, -0.2) is 57.5 Å². The Morgan fingerprint density at radius 2 is 1.84 bits per heavy atom. The van der Waals surface area contributed by atoms with Crippen LogP contribution < -0.4 is 14.2 Å². The Kier molecular flexibility index (Phi) is 7.50. The number of benzene rings is 2. The van der Waals surface area contributed by atoms with E-state index in [0.29, 0.717) is 37.4 Å². The third-order valence-electron chi connectivity index (χ3n) is 6.04. The van der Waals surface area contributed by atoms with Crippen LogP contribution in [0, 0.1) is 0 Å². The van der Waals surface area contributed by atoms with Crippen LogP contribution in [-0.2, 0) is 15.9 Å². The zero-order valence-corrected chi connectivity index (χ0v) is 18.6. The topological polar surface area (TPSA) is 66.4 Å². The van der Waals surface area contributed by atoms with Crippen LogP contribution in [0.4, 0.5) is 4.39 Å². The van der Waals surface area contributed by atoms with Gasteiger partial charge in [-0.3, -0.25) is 0 Å². The van der Waals surface area contributed by atoms with E-state index >= 15 is 0 Å². The van der Waals surface area contributed by atoms with Crippen LogP contribution in [0.5, 0.6) is 17.2 Å². The first-order chi connectivity index (χ1) is 15.6. The van der Waals surface area contributed by atoms with Gasteiger partial charge in [0.25, 0.3) is 0 Å². The number of hydrogen-bond acceptors (Lipinski definition) is 6. The highest BCUT2D eigenvalue weighted by molar-refractivity contribution is 5.49. The number of hydrogen-bond donors (Lipinski definition) is 1. The van der Waals surface area contributed by atoms with E-state index in [9.17, 15) is 9.50 Å². The minimum Gasteiger partial charge on any atom is -0.496 e. The summed E-state index contributed by atoms with van der Waals surface area (Å²) in [4.78, 5) is 0. The van der Waals surface area contributed by atoms with Crippen LogP contribution in [0.2, 0.25) is 0 Å². The number of halogens is 1. The molecule has 0 aromatic heterocycles. The first-order valence-electron chi connectivity index (χ1n) is 11.1. The highest BCUT2D eigenvalue weighted by Crippen LogP contribution is 2.40. The van der Waals surface area contributed by atoms with Crippen LogP contribution >= 0.6 is 0 Å². The molecular formula is C25H31FO6. The number of aliphatic hydroxyl groups is 1. The van der Waals surface area contributed by atoms with Crippen LogP contribution in [0.1, 0.15) is 42.1 Å². The number of methoxy groups -OCH3 is 2. The molecule has 2 aliphatic heterocycles. The molecule has 0 spiro atoms. The second-order valence-electron chi connectivity index (χ2n) is 8.36. The molecule has 6 nitrogen and oxygen atoms in total. The van der Waals surface area contributed by atoms with Gasteiger partial charge >= 0.3 is 0 Å². The Hall–Kier alpha value is -2.35. The fourth-order valence-corrected chi connectivity index (χ4v) is 4.38. The molecule has 174 valence electrons. The van der Waals surface area contributed by atoms with Crippen molar-refractivity contribution in [2.45, 2.75) is 50.1 Å². The summed E-state index contributed by atoms with van der Waals surface area (Å²) in [6.45, 7) is 0.755. The molecule has 2 saturated heterocycles. The highest BCUT2D eigenvalue weighted by atomic mass is 19.1. The van der Waals surface area contributed by atoms with Gasteiger partial charge in [0, 0.05) is 37.3 Å². The maximum atomic E-state index is 13.3. The largest absolute Gasteiger partial charge is 0.496 e. The van der Waals surface area contributed by atoms with E-state index in [1.807, 2.05) is 36.4 Å². The Morgan fingerprint density at radius 1 is 1.06 bits per heavy atom. The van der Waals surface area contributed by atoms with Crippen LogP contribution in [0.15, 0.2) is 36.4 Å².